The van der Waals surface area contributed by atoms with Gasteiger partial charge in [0.25, 0.3) is 0 Å². The van der Waals surface area contributed by atoms with Crippen LogP contribution in [-0.2, 0) is 9.47 Å². The van der Waals surface area contributed by atoms with Crippen molar-refractivity contribution in [3.8, 4) is 0 Å². The molecular formula is C15H27NO3. The Morgan fingerprint density at radius 3 is 2.68 bits per heavy atom. The normalized spacial score (nSPS) is 30.8. The molecule has 0 aromatic heterocycles. The van der Waals surface area contributed by atoms with Gasteiger partial charge in [-0.05, 0) is 46.0 Å². The van der Waals surface area contributed by atoms with E-state index in [1.807, 2.05) is 25.7 Å². The van der Waals surface area contributed by atoms with E-state index in [9.17, 15) is 4.79 Å². The van der Waals surface area contributed by atoms with Crippen molar-refractivity contribution in [2.45, 2.75) is 77.7 Å². The summed E-state index contributed by atoms with van der Waals surface area (Å²) in [5, 5.41) is 0. The Labute approximate surface area is 116 Å². The molecule has 4 nitrogen and oxygen atoms in total. The van der Waals surface area contributed by atoms with Crippen molar-refractivity contribution in [3.63, 3.8) is 0 Å². The topological polar surface area (TPSA) is 42.1 Å². The van der Waals surface area contributed by atoms with E-state index in [1.165, 1.54) is 0 Å². The van der Waals surface area contributed by atoms with Gasteiger partial charge >= 0.3 is 6.09 Å². The maximum Gasteiger partial charge on any atom is 0.410 e. The average Bonchev–Trinajstić information content (AvgIpc) is 2.96. The van der Waals surface area contributed by atoms with Crippen LogP contribution in [0.3, 0.4) is 0 Å². The molecule has 2 saturated heterocycles. The molecule has 2 aliphatic heterocycles. The van der Waals surface area contributed by atoms with Crippen LogP contribution < -0.4 is 0 Å². The standard InChI is InChI=1S/C15H27NO3/c1-10(2)9-11-13-12(18-13)7-6-8-16(11)14(17)19-15(3,4)5/h10-13H,6-9H2,1-5H3. The lowest BCUT2D eigenvalue weighted by Crippen LogP contribution is -2.46. The zero-order valence-electron chi connectivity index (χ0n) is 12.8. The van der Waals surface area contributed by atoms with Gasteiger partial charge in [-0.2, -0.15) is 0 Å². The van der Waals surface area contributed by atoms with Crippen LogP contribution in [0, 0.1) is 5.92 Å². The van der Waals surface area contributed by atoms with E-state index < -0.39 is 5.60 Å². The number of hydrogen-bond acceptors (Lipinski definition) is 3. The van der Waals surface area contributed by atoms with Gasteiger partial charge in [0.1, 0.15) is 11.7 Å². The molecule has 110 valence electrons. The third-order valence-electron chi connectivity index (χ3n) is 3.63. The van der Waals surface area contributed by atoms with Crippen LogP contribution in [0.5, 0.6) is 0 Å². The monoisotopic (exact) mass is 269 g/mol. The van der Waals surface area contributed by atoms with Gasteiger partial charge in [-0.3, -0.25) is 0 Å². The summed E-state index contributed by atoms with van der Waals surface area (Å²) in [4.78, 5) is 14.3. The van der Waals surface area contributed by atoms with Crippen molar-refractivity contribution in [2.75, 3.05) is 6.54 Å². The molecule has 4 heteroatoms. The minimum atomic E-state index is -0.435. The number of amides is 1. The molecule has 3 unspecified atom stereocenters. The zero-order chi connectivity index (χ0) is 14.2. The van der Waals surface area contributed by atoms with Crippen molar-refractivity contribution in [3.05, 3.63) is 0 Å². The molecular weight excluding hydrogens is 242 g/mol. The molecule has 3 atom stereocenters. The van der Waals surface area contributed by atoms with E-state index in [-0.39, 0.29) is 18.2 Å². The Morgan fingerprint density at radius 2 is 2.11 bits per heavy atom. The van der Waals surface area contributed by atoms with E-state index >= 15 is 0 Å². The van der Waals surface area contributed by atoms with Gasteiger partial charge in [-0.15, -0.1) is 0 Å². The lowest BCUT2D eigenvalue weighted by atomic mass is 9.99. The third kappa shape index (κ3) is 3.85. The van der Waals surface area contributed by atoms with Crippen LogP contribution in [0.1, 0.15) is 53.9 Å². The number of hydrogen-bond donors (Lipinski definition) is 0. The molecule has 0 aromatic rings. The fourth-order valence-electron chi connectivity index (χ4n) is 2.82. The van der Waals surface area contributed by atoms with E-state index in [1.54, 1.807) is 0 Å². The minimum Gasteiger partial charge on any atom is -0.444 e. The summed E-state index contributed by atoms with van der Waals surface area (Å²) >= 11 is 0. The van der Waals surface area contributed by atoms with Gasteiger partial charge in [0.05, 0.1) is 12.1 Å². The number of epoxide rings is 1. The largest absolute Gasteiger partial charge is 0.444 e. The molecule has 2 fully saturated rings. The predicted octanol–water partition coefficient (Wildman–Crippen LogP) is 3.20. The molecule has 0 saturated carbocycles. The second-order valence-corrected chi connectivity index (χ2v) is 7.15. The maximum atomic E-state index is 12.4. The van der Waals surface area contributed by atoms with E-state index in [2.05, 4.69) is 13.8 Å². The molecule has 0 bridgehead atoms. The van der Waals surface area contributed by atoms with E-state index in [0.29, 0.717) is 12.0 Å². The zero-order valence-corrected chi connectivity index (χ0v) is 12.8. The summed E-state index contributed by atoms with van der Waals surface area (Å²) in [5.74, 6) is 0.554. The lowest BCUT2D eigenvalue weighted by molar-refractivity contribution is 0.0104. The van der Waals surface area contributed by atoms with Crippen molar-refractivity contribution in [1.29, 1.82) is 0 Å². The fraction of sp³-hybridized carbons (Fsp3) is 0.933. The van der Waals surface area contributed by atoms with Gasteiger partial charge < -0.3 is 14.4 Å². The second kappa shape index (κ2) is 5.31. The van der Waals surface area contributed by atoms with Crippen molar-refractivity contribution >= 4 is 6.09 Å². The summed E-state index contributed by atoms with van der Waals surface area (Å²) in [6, 6.07) is 0.183. The van der Waals surface area contributed by atoms with Crippen LogP contribution >= 0.6 is 0 Å². The molecule has 0 aliphatic carbocycles. The Morgan fingerprint density at radius 1 is 1.42 bits per heavy atom. The first-order valence-electron chi connectivity index (χ1n) is 7.43. The molecule has 2 rings (SSSR count). The number of ether oxygens (including phenoxy) is 2. The van der Waals surface area contributed by atoms with E-state index in [4.69, 9.17) is 9.47 Å². The van der Waals surface area contributed by atoms with Crippen LogP contribution in [0.4, 0.5) is 4.79 Å². The summed E-state index contributed by atoms with van der Waals surface area (Å²) in [6.45, 7) is 10.9. The number of fused-ring (bicyclic) bond motifs is 1. The highest BCUT2D eigenvalue weighted by Gasteiger charge is 2.50. The summed E-state index contributed by atoms with van der Waals surface area (Å²) in [5.41, 5.74) is -0.435. The molecule has 0 spiro atoms. The molecule has 1 amide bonds. The first kappa shape index (κ1) is 14.6. The highest BCUT2D eigenvalue weighted by molar-refractivity contribution is 5.68. The Balaban J connectivity index is 2.07. The Kier molecular flexibility index (Phi) is 4.09. The minimum absolute atomic E-state index is 0.183. The molecule has 0 radical (unpaired) electrons. The second-order valence-electron chi connectivity index (χ2n) is 7.15. The van der Waals surface area contributed by atoms with Gasteiger partial charge in [0, 0.05) is 6.54 Å². The van der Waals surface area contributed by atoms with Gasteiger partial charge in [-0.25, -0.2) is 4.79 Å². The lowest BCUT2D eigenvalue weighted by Gasteiger charge is -2.33. The van der Waals surface area contributed by atoms with Crippen molar-refractivity contribution in [2.24, 2.45) is 5.92 Å². The maximum absolute atomic E-state index is 12.4. The first-order chi connectivity index (χ1) is 8.78. The number of rotatable bonds is 2. The SMILES string of the molecule is CC(C)CC1C2OC2CCCN1C(=O)OC(C)(C)C. The van der Waals surface area contributed by atoms with Crippen LogP contribution in [0.25, 0.3) is 0 Å². The number of nitrogens with zero attached hydrogens (tertiary/aromatic N) is 1. The van der Waals surface area contributed by atoms with Gasteiger partial charge in [0.2, 0.25) is 0 Å². The molecule has 0 N–H and O–H groups in total. The molecule has 0 aromatic carbocycles. The Bertz CT molecular complexity index is 335. The highest BCUT2D eigenvalue weighted by Crippen LogP contribution is 2.38. The first-order valence-corrected chi connectivity index (χ1v) is 7.43. The van der Waals surface area contributed by atoms with Crippen LogP contribution in [0.2, 0.25) is 0 Å². The van der Waals surface area contributed by atoms with Gasteiger partial charge in [0.15, 0.2) is 0 Å². The highest BCUT2D eigenvalue weighted by atomic mass is 16.6. The molecule has 2 aliphatic rings. The van der Waals surface area contributed by atoms with Crippen LogP contribution in [-0.4, -0.2) is 41.4 Å². The quantitative estimate of drug-likeness (QED) is 0.723. The number of likely N-dealkylation sites (tertiary alicyclic amines) is 1. The summed E-state index contributed by atoms with van der Waals surface area (Å²) < 4.78 is 11.3. The smallest absolute Gasteiger partial charge is 0.410 e. The predicted molar refractivity (Wildman–Crippen MR) is 74.1 cm³/mol. The van der Waals surface area contributed by atoms with Crippen molar-refractivity contribution in [1.82, 2.24) is 4.90 Å². The number of carbonyl (C=O) groups excluding carboxylic acids is 1. The summed E-state index contributed by atoms with van der Waals surface area (Å²) in [7, 11) is 0. The fourth-order valence-corrected chi connectivity index (χ4v) is 2.82. The summed E-state index contributed by atoms with van der Waals surface area (Å²) in [6.07, 6.45) is 3.48. The van der Waals surface area contributed by atoms with Crippen molar-refractivity contribution < 1.29 is 14.3 Å². The van der Waals surface area contributed by atoms with Gasteiger partial charge in [-0.1, -0.05) is 13.8 Å². The van der Waals surface area contributed by atoms with Crippen LogP contribution in [0.15, 0.2) is 0 Å². The Hall–Kier alpha value is -0.770. The number of carbonyl (C=O) groups is 1. The third-order valence-corrected chi connectivity index (χ3v) is 3.63. The average molecular weight is 269 g/mol. The van der Waals surface area contributed by atoms with E-state index in [0.717, 1.165) is 25.8 Å². The molecule has 19 heavy (non-hydrogen) atoms. The molecule has 2 heterocycles.